The molecule has 1 heterocycles. The van der Waals surface area contributed by atoms with E-state index in [9.17, 15) is 0 Å². The van der Waals surface area contributed by atoms with Crippen LogP contribution in [0.2, 0.25) is 0 Å². The smallest absolute Gasteiger partial charge is 0.0920 e. The molecule has 1 aliphatic heterocycles. The second-order valence-electron chi connectivity index (χ2n) is 17.8. The van der Waals surface area contributed by atoms with Gasteiger partial charge in [-0.1, -0.05) is 188 Å². The van der Waals surface area contributed by atoms with Crippen LogP contribution in [0, 0.1) is 6.07 Å². The minimum atomic E-state index is -0.826. The van der Waals surface area contributed by atoms with Crippen LogP contribution in [0.25, 0.3) is 54.9 Å². The third-order valence-corrected chi connectivity index (χ3v) is 14.5. The summed E-state index contributed by atoms with van der Waals surface area (Å²) in [5.41, 5.74) is 17.3. The van der Waals surface area contributed by atoms with Crippen molar-refractivity contribution in [3.05, 3.63) is 179 Å². The van der Waals surface area contributed by atoms with Gasteiger partial charge in [0.05, 0.1) is 9.52 Å². The zero-order valence-electron chi connectivity index (χ0n) is 39.7. The molecule has 0 saturated heterocycles. The van der Waals surface area contributed by atoms with E-state index < -0.39 is 20.8 Å². The van der Waals surface area contributed by atoms with Gasteiger partial charge < -0.3 is 0 Å². The van der Waals surface area contributed by atoms with Crippen LogP contribution in [-0.2, 0) is 33.7 Å². The van der Waals surface area contributed by atoms with Gasteiger partial charge >= 0.3 is 37.9 Å². The first kappa shape index (κ1) is 49.6. The van der Waals surface area contributed by atoms with E-state index in [2.05, 4.69) is 209 Å². The first-order chi connectivity index (χ1) is 31.0. The summed E-state index contributed by atoms with van der Waals surface area (Å²) in [4.78, 5) is 0. The fourth-order valence-corrected chi connectivity index (χ4v) is 10.5. The number of aryl methyl sites for hydroxylation is 2. The largest absolute Gasteiger partial charge is 0.184 e. The minimum Gasteiger partial charge on any atom is -0.184 e. The van der Waals surface area contributed by atoms with Crippen molar-refractivity contribution in [3.8, 4) is 33.4 Å². The van der Waals surface area contributed by atoms with E-state index in [-0.39, 0.29) is 0 Å². The Bertz CT molecular complexity index is 2560. The quantitative estimate of drug-likeness (QED) is 0.0946. The van der Waals surface area contributed by atoms with Crippen molar-refractivity contribution in [2.45, 2.75) is 119 Å². The van der Waals surface area contributed by atoms with E-state index in [1.165, 1.54) is 112 Å². The molecule has 8 aromatic carbocycles. The first-order valence-electron chi connectivity index (χ1n) is 23.5. The number of benzene rings is 6. The monoisotopic (exact) mass is 973 g/mol. The normalized spacial score (nSPS) is 12.4. The topological polar surface area (TPSA) is 0 Å². The third-order valence-electron chi connectivity index (χ3n) is 13.2. The molecular weight excluding hydrogens is 911 g/mol. The summed E-state index contributed by atoms with van der Waals surface area (Å²) >= 11 is -0.826. The van der Waals surface area contributed by atoms with Crippen LogP contribution in [-0.4, -0.2) is 9.52 Å². The van der Waals surface area contributed by atoms with Crippen molar-refractivity contribution in [1.29, 1.82) is 0 Å². The van der Waals surface area contributed by atoms with E-state index in [4.69, 9.17) is 17.0 Å². The van der Waals surface area contributed by atoms with E-state index >= 15 is 0 Å². The molecule has 330 valence electrons. The van der Waals surface area contributed by atoms with Crippen LogP contribution in [0.5, 0.6) is 0 Å². The second kappa shape index (κ2) is 23.6. The molecule has 0 bridgehead atoms. The predicted octanol–water partition coefficient (Wildman–Crippen LogP) is 17.3. The zero-order valence-corrected chi connectivity index (χ0v) is 44.6. The summed E-state index contributed by atoms with van der Waals surface area (Å²) < 4.78 is 0. The Hall–Kier alpha value is -3.78. The maximum absolute atomic E-state index is 4.93. The van der Waals surface area contributed by atoms with Gasteiger partial charge in [-0.05, 0) is 58.8 Å². The molecule has 2 unspecified atom stereocenters. The van der Waals surface area contributed by atoms with Crippen LogP contribution in [0.3, 0.4) is 0 Å². The van der Waals surface area contributed by atoms with Gasteiger partial charge in [-0.15, -0.1) is 74.6 Å². The molecule has 0 nitrogen and oxygen atoms in total. The van der Waals surface area contributed by atoms with Crippen molar-refractivity contribution in [3.63, 3.8) is 0 Å². The molecule has 4 heteroatoms. The van der Waals surface area contributed by atoms with E-state index in [0.717, 1.165) is 22.4 Å². The molecule has 9 rings (SSSR count). The Kier molecular flexibility index (Phi) is 18.3. The third kappa shape index (κ3) is 11.2. The summed E-state index contributed by atoms with van der Waals surface area (Å²) in [6.45, 7) is 22.9. The Morgan fingerprint density at radius 1 is 0.531 bits per heavy atom. The molecule has 1 aliphatic rings. The number of hydrogen-bond donors (Lipinski definition) is 0. The summed E-state index contributed by atoms with van der Waals surface area (Å²) in [7, 11) is 10.7. The Morgan fingerprint density at radius 2 is 0.953 bits per heavy atom. The molecule has 2 atom stereocenters. The second-order valence-corrected chi connectivity index (χ2v) is 22.8. The molecule has 0 fully saturated rings. The van der Waals surface area contributed by atoms with Crippen molar-refractivity contribution < 1.29 is 20.8 Å². The number of rotatable bonds is 10. The van der Waals surface area contributed by atoms with E-state index in [1.54, 1.807) is 0 Å². The van der Waals surface area contributed by atoms with E-state index in [1.807, 2.05) is 6.07 Å². The van der Waals surface area contributed by atoms with Gasteiger partial charge in [0.2, 0.25) is 0 Å². The number of fused-ring (bicyclic) bond motifs is 5. The van der Waals surface area contributed by atoms with Crippen LogP contribution in [0.4, 0.5) is 0 Å². The summed E-state index contributed by atoms with van der Waals surface area (Å²) in [5.74, 6) is 2.31. The maximum Gasteiger partial charge on any atom is 0.0920 e. The number of halogens is 2. The molecule has 0 aliphatic carbocycles. The molecule has 2 radical (unpaired) electrons. The molecule has 0 aromatic heterocycles. The van der Waals surface area contributed by atoms with Crippen molar-refractivity contribution >= 4 is 58.5 Å². The Labute approximate surface area is 407 Å². The molecule has 0 spiro atoms. The minimum absolute atomic E-state index is 0.533. The van der Waals surface area contributed by atoms with Gasteiger partial charge in [-0.25, -0.2) is 0 Å². The average molecular weight is 976 g/mol. The van der Waals surface area contributed by atoms with Crippen LogP contribution < -0.4 is 10.4 Å². The van der Waals surface area contributed by atoms with Gasteiger partial charge in [0.25, 0.3) is 0 Å². The average Bonchev–Trinajstić information content (AvgIpc) is 4.07. The standard InChI is InChI=1S/2C24H29.C12H7Si.2ClH.Zr/c2*1-6-17(5)20-14-19-13-12-18(7-2)24(23(19)15-20)22-11-9-8-10-21(22)16(3)4;1-3-7-11-9(5-1)10-6-2-4-8-12(10)13-11;;;/h2*8-17H,6-7H2,1-5H3;1-7H;2*1H;/q3*-1;;;+2/p-2. The fourth-order valence-electron chi connectivity index (χ4n) is 9.15. The van der Waals surface area contributed by atoms with Crippen molar-refractivity contribution in [2.24, 2.45) is 0 Å². The number of hydrogen-bond acceptors (Lipinski definition) is 0. The Balaban J connectivity index is 0.000000160. The van der Waals surface area contributed by atoms with Crippen molar-refractivity contribution in [1.82, 2.24) is 0 Å². The van der Waals surface area contributed by atoms with Crippen molar-refractivity contribution in [2.75, 3.05) is 0 Å². The zero-order chi connectivity index (χ0) is 45.9. The predicted molar refractivity (Wildman–Crippen MR) is 282 cm³/mol. The molecule has 0 saturated carbocycles. The SMILES string of the molecule is CCc1ccc2[cH-]c(C(C)CC)cc2c1-c1ccccc1C(C)C.CCc1ccc2[cH-]c(C(C)CC)cc2c1-c1ccccc1C(C)C.[Cl][Zr][Cl].[c-]1cccc2c1[Si]c1ccccc1-2. The first-order valence-corrected chi connectivity index (χ1v) is 30.8. The fraction of sp³-hybridized carbons (Fsp3) is 0.300. The van der Waals surface area contributed by atoms with Gasteiger partial charge in [-0.2, -0.15) is 41.6 Å². The summed E-state index contributed by atoms with van der Waals surface area (Å²) in [6.07, 6.45) is 4.52. The molecular formula is C60H65Cl2SiZr-3. The van der Waals surface area contributed by atoms with Gasteiger partial charge in [-0.3, -0.25) is 0 Å². The van der Waals surface area contributed by atoms with Crippen LogP contribution in [0.15, 0.2) is 140 Å². The van der Waals surface area contributed by atoms with E-state index in [0.29, 0.717) is 23.7 Å². The van der Waals surface area contributed by atoms with Gasteiger partial charge in [0.15, 0.2) is 0 Å². The molecule has 8 aromatic rings. The maximum atomic E-state index is 4.93. The van der Waals surface area contributed by atoms with Gasteiger partial charge in [0.1, 0.15) is 0 Å². The molecule has 64 heavy (non-hydrogen) atoms. The summed E-state index contributed by atoms with van der Waals surface area (Å²) in [5, 5.41) is 8.45. The van der Waals surface area contributed by atoms with Crippen LogP contribution in [0.1, 0.15) is 139 Å². The van der Waals surface area contributed by atoms with Crippen LogP contribution >= 0.6 is 17.0 Å². The van der Waals surface area contributed by atoms with Gasteiger partial charge in [0, 0.05) is 0 Å². The summed E-state index contributed by atoms with van der Waals surface area (Å²) in [6, 6.07) is 55.0. The molecule has 0 amide bonds. The Morgan fingerprint density at radius 3 is 1.39 bits per heavy atom. The molecule has 0 N–H and O–H groups in total.